The lowest BCUT2D eigenvalue weighted by molar-refractivity contribution is -0.159. The third kappa shape index (κ3) is 7.31. The Bertz CT molecular complexity index is 2070. The molecule has 5 rings (SSSR count). The first-order valence-corrected chi connectivity index (χ1v) is 15.2. The van der Waals surface area contributed by atoms with Crippen molar-refractivity contribution in [3.8, 4) is 11.4 Å². The number of aliphatic carboxylic acids is 1. The molecule has 1 amide bonds. The number of fused-ring (bicyclic) bond motifs is 1. The molecule has 3 heterocycles. The van der Waals surface area contributed by atoms with Crippen molar-refractivity contribution in [1.82, 2.24) is 19.4 Å². The minimum Gasteiger partial charge on any atom is -0.480 e. The molecule has 2 N–H and O–H groups in total. The lowest BCUT2D eigenvalue weighted by Crippen LogP contribution is -2.54. The van der Waals surface area contributed by atoms with Crippen LogP contribution in [0.5, 0.6) is 5.75 Å². The van der Waals surface area contributed by atoms with Gasteiger partial charge in [0.1, 0.15) is 17.9 Å². The van der Waals surface area contributed by atoms with Gasteiger partial charge in [-0.1, -0.05) is 6.07 Å². The summed E-state index contributed by atoms with van der Waals surface area (Å²) in [6.07, 6.45) is -1.73. The maximum Gasteiger partial charge on any atom is 0.394 e. The Kier molecular flexibility index (Phi) is 9.74. The van der Waals surface area contributed by atoms with Crippen LogP contribution in [0.3, 0.4) is 0 Å². The predicted molar refractivity (Wildman–Crippen MR) is 170 cm³/mol. The molecule has 2 aromatic heterocycles. The van der Waals surface area contributed by atoms with Crippen LogP contribution < -0.4 is 26.2 Å². The number of benzene rings is 2. The zero-order valence-electron chi connectivity index (χ0n) is 27.2. The maximum absolute atomic E-state index is 15.4. The van der Waals surface area contributed by atoms with Crippen molar-refractivity contribution >= 4 is 28.5 Å². The number of hydrogen-bond acceptors (Lipinski definition) is 8. The fraction of sp³-hybridized carbons (Fsp3) is 0.364. The van der Waals surface area contributed by atoms with Gasteiger partial charge in [0, 0.05) is 45.7 Å². The summed E-state index contributed by atoms with van der Waals surface area (Å²) in [5, 5.41) is 12.2. The number of ether oxygens (including phenoxy) is 2. The second kappa shape index (κ2) is 13.5. The van der Waals surface area contributed by atoms with Crippen molar-refractivity contribution in [1.29, 1.82) is 0 Å². The van der Waals surface area contributed by atoms with Crippen LogP contribution in [0.25, 0.3) is 16.6 Å². The molecule has 1 saturated heterocycles. The molecule has 50 heavy (non-hydrogen) atoms. The van der Waals surface area contributed by atoms with Gasteiger partial charge >= 0.3 is 17.8 Å². The number of anilines is 1. The van der Waals surface area contributed by atoms with Crippen molar-refractivity contribution in [2.75, 3.05) is 24.7 Å². The Labute approximate surface area is 280 Å². The molecule has 0 aliphatic carbocycles. The van der Waals surface area contributed by atoms with E-state index in [4.69, 9.17) is 9.47 Å². The molecule has 0 spiro atoms. The summed E-state index contributed by atoms with van der Waals surface area (Å²) in [5.74, 6) is -7.62. The largest absolute Gasteiger partial charge is 0.480 e. The van der Waals surface area contributed by atoms with Gasteiger partial charge < -0.3 is 24.8 Å². The number of halogens is 5. The van der Waals surface area contributed by atoms with Crippen molar-refractivity contribution < 1.29 is 46.1 Å². The van der Waals surface area contributed by atoms with Crippen molar-refractivity contribution in [2.45, 2.75) is 51.3 Å². The van der Waals surface area contributed by atoms with Crippen LogP contribution in [-0.2, 0) is 23.0 Å². The van der Waals surface area contributed by atoms with Crippen LogP contribution in [0.2, 0.25) is 0 Å². The summed E-state index contributed by atoms with van der Waals surface area (Å²) in [7, 11) is 1.35. The SMILES string of the molecule is Cc1cc(N2CCOC[C@@H]2C(C)(F)F)cc(F)c1C(=O)N[C@@H](Cc1ccc(-n2c(=O)c3ccncc3n(C)c2=O)c(OC(C)(F)F)c1)C(=O)O. The summed E-state index contributed by atoms with van der Waals surface area (Å²) in [6.45, 7) is 2.35. The van der Waals surface area contributed by atoms with Crippen LogP contribution in [0.1, 0.15) is 35.3 Å². The highest BCUT2D eigenvalue weighted by atomic mass is 19.3. The van der Waals surface area contributed by atoms with Gasteiger partial charge in [-0.3, -0.25) is 19.1 Å². The van der Waals surface area contributed by atoms with Crippen LogP contribution in [0.4, 0.5) is 27.6 Å². The lowest BCUT2D eigenvalue weighted by Gasteiger charge is -2.40. The molecule has 12 nitrogen and oxygen atoms in total. The average molecular weight is 706 g/mol. The highest BCUT2D eigenvalue weighted by Crippen LogP contribution is 2.32. The number of pyridine rings is 1. The van der Waals surface area contributed by atoms with E-state index >= 15 is 4.39 Å². The number of rotatable bonds is 10. The number of carbonyl (C=O) groups is 2. The third-order valence-electron chi connectivity index (χ3n) is 8.22. The predicted octanol–water partition coefficient (Wildman–Crippen LogP) is 3.81. The van der Waals surface area contributed by atoms with Crippen LogP contribution >= 0.6 is 0 Å². The number of nitrogens with zero attached hydrogens (tertiary/aromatic N) is 4. The van der Waals surface area contributed by atoms with E-state index in [9.17, 15) is 41.8 Å². The number of aromatic nitrogens is 3. The fourth-order valence-corrected chi connectivity index (χ4v) is 5.83. The van der Waals surface area contributed by atoms with Gasteiger partial charge in [0.25, 0.3) is 17.4 Å². The Hall–Kier alpha value is -5.32. The summed E-state index contributed by atoms with van der Waals surface area (Å²) >= 11 is 0. The number of amides is 1. The average Bonchev–Trinajstić information content (AvgIpc) is 3.03. The van der Waals surface area contributed by atoms with Crippen molar-refractivity contribution in [2.24, 2.45) is 7.05 Å². The van der Waals surface area contributed by atoms with E-state index in [2.05, 4.69) is 10.3 Å². The molecule has 0 bridgehead atoms. The van der Waals surface area contributed by atoms with E-state index in [0.29, 0.717) is 11.5 Å². The normalized spacial score (nSPS) is 15.9. The molecule has 1 fully saturated rings. The Morgan fingerprint density at radius 3 is 2.50 bits per heavy atom. The summed E-state index contributed by atoms with van der Waals surface area (Å²) in [5.41, 5.74) is -2.31. The van der Waals surface area contributed by atoms with Gasteiger partial charge in [-0.05, 0) is 48.4 Å². The maximum atomic E-state index is 15.4. The molecule has 0 saturated carbocycles. The molecule has 2 aromatic carbocycles. The minimum absolute atomic E-state index is 0.0296. The smallest absolute Gasteiger partial charge is 0.394 e. The first kappa shape index (κ1) is 36.0. The first-order valence-electron chi connectivity index (χ1n) is 15.2. The van der Waals surface area contributed by atoms with Crippen molar-refractivity contribution in [3.05, 3.63) is 92.1 Å². The van der Waals surface area contributed by atoms with Crippen LogP contribution in [0, 0.1) is 12.7 Å². The van der Waals surface area contributed by atoms with Gasteiger partial charge in [-0.25, -0.2) is 27.3 Å². The monoisotopic (exact) mass is 705 g/mol. The molecule has 4 aromatic rings. The fourth-order valence-electron chi connectivity index (χ4n) is 5.83. The van der Waals surface area contributed by atoms with Crippen molar-refractivity contribution in [3.63, 3.8) is 0 Å². The third-order valence-corrected chi connectivity index (χ3v) is 8.22. The van der Waals surface area contributed by atoms with Gasteiger partial charge in [-0.2, -0.15) is 8.78 Å². The number of morpholine rings is 1. The second-order valence-corrected chi connectivity index (χ2v) is 12.0. The summed E-state index contributed by atoms with van der Waals surface area (Å²) < 4.78 is 84.0. The highest BCUT2D eigenvalue weighted by Gasteiger charge is 2.41. The number of carboxylic acid groups (broad SMARTS) is 1. The van der Waals surface area contributed by atoms with Gasteiger partial charge in [0.15, 0.2) is 5.75 Å². The topological polar surface area (TPSA) is 145 Å². The van der Waals surface area contributed by atoms with E-state index in [1.54, 1.807) is 0 Å². The lowest BCUT2D eigenvalue weighted by atomic mass is 10.0. The second-order valence-electron chi connectivity index (χ2n) is 12.0. The molecule has 0 radical (unpaired) electrons. The zero-order valence-corrected chi connectivity index (χ0v) is 27.2. The van der Waals surface area contributed by atoms with E-state index in [1.807, 2.05) is 0 Å². The number of nitrogens with one attached hydrogen (secondary N) is 1. The summed E-state index contributed by atoms with van der Waals surface area (Å²) in [6, 6.07) is 3.84. The quantitative estimate of drug-likeness (QED) is 0.236. The number of alkyl halides is 4. The first-order chi connectivity index (χ1) is 23.4. The van der Waals surface area contributed by atoms with E-state index < -0.39 is 70.8 Å². The number of carboxylic acids is 1. The Morgan fingerprint density at radius 1 is 1.14 bits per heavy atom. The number of aryl methyl sites for hydroxylation is 2. The number of hydrogen-bond donors (Lipinski definition) is 2. The van der Waals surface area contributed by atoms with E-state index in [-0.39, 0.29) is 53.2 Å². The Morgan fingerprint density at radius 2 is 1.86 bits per heavy atom. The molecule has 266 valence electrons. The van der Waals surface area contributed by atoms with Crippen LogP contribution in [-0.4, -0.2) is 75.0 Å². The number of carbonyl (C=O) groups excluding carboxylic acids is 1. The van der Waals surface area contributed by atoms with Crippen LogP contribution in [0.15, 0.2) is 58.4 Å². The molecular weight excluding hydrogens is 673 g/mol. The molecule has 17 heteroatoms. The molecule has 0 unspecified atom stereocenters. The van der Waals surface area contributed by atoms with E-state index in [1.165, 1.54) is 49.5 Å². The standard InChI is InChI=1S/C33H32F5N5O7/c1-17-11-19(42-9-10-49-16-26(42)32(2,35)36)14-21(34)27(17)28(44)40-22(30(46)47)12-18-5-6-23(25(13-18)50-33(3,37)38)43-29(45)20-7-8-39-15-24(20)41(4)31(43)48/h5-8,11,13-15,22,26H,9-10,12,16H2,1-4H3,(H,40,44)(H,46,47)/t22-,26+/m0/s1. The molecule has 1 aliphatic heterocycles. The highest BCUT2D eigenvalue weighted by molar-refractivity contribution is 5.98. The molecular formula is C33H32F5N5O7. The molecule has 1 aliphatic rings. The van der Waals surface area contributed by atoms with Gasteiger partial charge in [-0.15, -0.1) is 0 Å². The minimum atomic E-state index is -3.81. The van der Waals surface area contributed by atoms with Gasteiger partial charge in [0.05, 0.1) is 41.6 Å². The zero-order chi connectivity index (χ0) is 36.7. The molecule has 2 atom stereocenters. The van der Waals surface area contributed by atoms with E-state index in [0.717, 1.165) is 29.7 Å². The summed E-state index contributed by atoms with van der Waals surface area (Å²) in [4.78, 5) is 57.2. The Balaban J connectivity index is 1.46. The van der Waals surface area contributed by atoms with Gasteiger partial charge in [0.2, 0.25) is 0 Å².